The summed E-state index contributed by atoms with van der Waals surface area (Å²) in [5.41, 5.74) is 0.486. The molecule has 0 bridgehead atoms. The van der Waals surface area contributed by atoms with E-state index in [1.807, 2.05) is 0 Å². The molecule has 1 aromatic heterocycles. The second-order valence-corrected chi connectivity index (χ2v) is 4.63. The lowest BCUT2D eigenvalue weighted by Gasteiger charge is -2.26. The number of rotatable bonds is 2. The maximum absolute atomic E-state index is 12.1. The highest BCUT2D eigenvalue weighted by molar-refractivity contribution is 5.92. The molecule has 16 heavy (non-hydrogen) atoms. The van der Waals surface area contributed by atoms with E-state index >= 15 is 0 Å². The third kappa shape index (κ3) is 1.95. The van der Waals surface area contributed by atoms with E-state index in [0.29, 0.717) is 24.6 Å². The van der Waals surface area contributed by atoms with Gasteiger partial charge in [-0.15, -0.1) is 0 Å². The van der Waals surface area contributed by atoms with Gasteiger partial charge in [0.05, 0.1) is 6.10 Å². The quantitative estimate of drug-likeness (QED) is 0.773. The van der Waals surface area contributed by atoms with Gasteiger partial charge in [0.2, 0.25) is 0 Å². The van der Waals surface area contributed by atoms with E-state index in [2.05, 4.69) is 24.0 Å². The minimum absolute atomic E-state index is 0.0762. The predicted octanol–water partition coefficient (Wildman–Crippen LogP) is 0.641. The first-order valence-electron chi connectivity index (χ1n) is 5.58. The van der Waals surface area contributed by atoms with E-state index in [9.17, 15) is 9.90 Å². The van der Waals surface area contributed by atoms with Gasteiger partial charge in [-0.1, -0.05) is 13.8 Å². The first kappa shape index (κ1) is 11.1. The predicted molar refractivity (Wildman–Crippen MR) is 58.9 cm³/mol. The number of aliphatic hydroxyl groups is 1. The Morgan fingerprint density at radius 2 is 2.44 bits per heavy atom. The number of hydrogen-bond donors (Lipinski definition) is 2. The number of carbonyl (C=O) groups is 1. The average Bonchev–Trinajstić information content (AvgIpc) is 2.84. The number of carbonyl (C=O) groups excluding carboxylic acids is 1. The molecule has 2 heterocycles. The Morgan fingerprint density at radius 3 is 3.00 bits per heavy atom. The third-order valence-corrected chi connectivity index (χ3v) is 3.08. The number of β-amino-alcohol motifs (C(OH)–C–C–N with tert-alkyl or cyclic N) is 1. The summed E-state index contributed by atoms with van der Waals surface area (Å²) in [6.07, 6.45) is 1.82. The highest BCUT2D eigenvalue weighted by atomic mass is 16.3. The number of likely N-dealkylation sites (tertiary alicyclic amines) is 1. The second-order valence-electron chi connectivity index (χ2n) is 4.63. The van der Waals surface area contributed by atoms with Crippen molar-refractivity contribution in [1.29, 1.82) is 0 Å². The number of nitrogens with one attached hydrogen (secondary N) is 1. The molecule has 2 atom stereocenters. The zero-order valence-corrected chi connectivity index (χ0v) is 9.55. The van der Waals surface area contributed by atoms with Crippen molar-refractivity contribution in [1.82, 2.24) is 15.1 Å². The van der Waals surface area contributed by atoms with Crippen molar-refractivity contribution in [2.45, 2.75) is 32.4 Å². The van der Waals surface area contributed by atoms with Crippen LogP contribution in [0.3, 0.4) is 0 Å². The standard InChI is InChI=1S/C11H17N3O2/c1-7(2)10-5-8(15)6-14(10)11(16)9-3-4-12-13-9/h3-4,7-8,10,15H,5-6H2,1-2H3,(H,12,13)/t8-,10+/m1/s1. The van der Waals surface area contributed by atoms with Crippen LogP contribution in [0.15, 0.2) is 12.3 Å². The summed E-state index contributed by atoms with van der Waals surface area (Å²) in [4.78, 5) is 13.9. The smallest absolute Gasteiger partial charge is 0.272 e. The summed E-state index contributed by atoms with van der Waals surface area (Å²) < 4.78 is 0. The van der Waals surface area contributed by atoms with Crippen molar-refractivity contribution in [3.8, 4) is 0 Å². The number of aromatic amines is 1. The van der Waals surface area contributed by atoms with E-state index < -0.39 is 6.10 Å². The van der Waals surface area contributed by atoms with E-state index in [4.69, 9.17) is 0 Å². The number of nitrogens with zero attached hydrogens (tertiary/aromatic N) is 2. The highest BCUT2D eigenvalue weighted by Gasteiger charge is 2.36. The van der Waals surface area contributed by atoms with Crippen molar-refractivity contribution in [2.75, 3.05) is 6.54 Å². The van der Waals surface area contributed by atoms with Crippen LogP contribution in [0.5, 0.6) is 0 Å². The molecule has 0 aromatic carbocycles. The molecule has 1 fully saturated rings. The van der Waals surface area contributed by atoms with Gasteiger partial charge >= 0.3 is 0 Å². The van der Waals surface area contributed by atoms with Crippen LogP contribution in [0.25, 0.3) is 0 Å². The van der Waals surface area contributed by atoms with Gasteiger partial charge in [0.1, 0.15) is 5.69 Å². The molecule has 0 unspecified atom stereocenters. The summed E-state index contributed by atoms with van der Waals surface area (Å²) in [5, 5.41) is 16.1. The molecule has 1 saturated heterocycles. The molecule has 5 heteroatoms. The van der Waals surface area contributed by atoms with Gasteiger partial charge in [-0.05, 0) is 18.4 Å². The Balaban J connectivity index is 2.16. The average molecular weight is 223 g/mol. The molecule has 0 aliphatic carbocycles. The molecule has 0 spiro atoms. The van der Waals surface area contributed by atoms with Gasteiger partial charge in [-0.3, -0.25) is 9.89 Å². The van der Waals surface area contributed by atoms with Gasteiger partial charge in [0.15, 0.2) is 0 Å². The Hall–Kier alpha value is -1.36. The van der Waals surface area contributed by atoms with Gasteiger partial charge in [-0.25, -0.2) is 0 Å². The fourth-order valence-electron chi connectivity index (χ4n) is 2.24. The van der Waals surface area contributed by atoms with Crippen LogP contribution in [0, 0.1) is 5.92 Å². The molecular weight excluding hydrogens is 206 g/mol. The monoisotopic (exact) mass is 223 g/mol. The summed E-state index contributed by atoms with van der Waals surface area (Å²) in [5.74, 6) is 0.275. The lowest BCUT2D eigenvalue weighted by molar-refractivity contribution is 0.0680. The van der Waals surface area contributed by atoms with Crippen molar-refractivity contribution < 1.29 is 9.90 Å². The van der Waals surface area contributed by atoms with Crippen LogP contribution >= 0.6 is 0 Å². The molecule has 0 saturated carbocycles. The van der Waals surface area contributed by atoms with Crippen LogP contribution in [0.4, 0.5) is 0 Å². The number of H-pyrrole nitrogens is 1. The normalized spacial score (nSPS) is 25.4. The third-order valence-electron chi connectivity index (χ3n) is 3.08. The number of amides is 1. The first-order valence-corrected chi connectivity index (χ1v) is 5.58. The highest BCUT2D eigenvalue weighted by Crippen LogP contribution is 2.25. The van der Waals surface area contributed by atoms with Crippen molar-refractivity contribution in [3.05, 3.63) is 18.0 Å². The van der Waals surface area contributed by atoms with Gasteiger partial charge in [0.25, 0.3) is 5.91 Å². The summed E-state index contributed by atoms with van der Waals surface area (Å²) in [7, 11) is 0. The number of hydrogen-bond acceptors (Lipinski definition) is 3. The van der Waals surface area contributed by atoms with E-state index in [1.54, 1.807) is 17.2 Å². The summed E-state index contributed by atoms with van der Waals surface area (Å²) >= 11 is 0. The van der Waals surface area contributed by atoms with Gasteiger partial charge in [0, 0.05) is 18.8 Å². The largest absolute Gasteiger partial charge is 0.391 e. The fourth-order valence-corrected chi connectivity index (χ4v) is 2.24. The number of aromatic nitrogens is 2. The maximum Gasteiger partial charge on any atom is 0.272 e. The Morgan fingerprint density at radius 1 is 1.69 bits per heavy atom. The van der Waals surface area contributed by atoms with Crippen molar-refractivity contribution >= 4 is 5.91 Å². The van der Waals surface area contributed by atoms with Crippen LogP contribution in [0.2, 0.25) is 0 Å². The van der Waals surface area contributed by atoms with Crippen molar-refractivity contribution in [2.24, 2.45) is 5.92 Å². The van der Waals surface area contributed by atoms with Gasteiger partial charge in [-0.2, -0.15) is 5.10 Å². The molecule has 2 N–H and O–H groups in total. The minimum Gasteiger partial charge on any atom is -0.391 e. The topological polar surface area (TPSA) is 69.2 Å². The van der Waals surface area contributed by atoms with Crippen LogP contribution in [0.1, 0.15) is 30.8 Å². The maximum atomic E-state index is 12.1. The van der Waals surface area contributed by atoms with E-state index in [-0.39, 0.29) is 11.9 Å². The number of aliphatic hydroxyl groups excluding tert-OH is 1. The first-order chi connectivity index (χ1) is 7.59. The second kappa shape index (κ2) is 4.25. The fraction of sp³-hybridized carbons (Fsp3) is 0.636. The summed E-state index contributed by atoms with van der Waals surface area (Å²) in [6.45, 7) is 4.55. The molecule has 1 aliphatic heterocycles. The van der Waals surface area contributed by atoms with Crippen LogP contribution < -0.4 is 0 Å². The molecule has 1 aromatic rings. The zero-order valence-electron chi connectivity index (χ0n) is 9.55. The lowest BCUT2D eigenvalue weighted by Crippen LogP contribution is -2.39. The Labute approximate surface area is 94.5 Å². The zero-order chi connectivity index (χ0) is 11.7. The SMILES string of the molecule is CC(C)[C@@H]1C[C@@H](O)CN1C(=O)c1ccn[nH]1. The molecular formula is C11H17N3O2. The molecule has 0 radical (unpaired) electrons. The molecule has 88 valence electrons. The van der Waals surface area contributed by atoms with Crippen molar-refractivity contribution in [3.63, 3.8) is 0 Å². The Kier molecular flexibility index (Phi) is 2.96. The Bertz CT molecular complexity index is 361. The lowest BCUT2D eigenvalue weighted by atomic mass is 10.0. The molecule has 5 nitrogen and oxygen atoms in total. The summed E-state index contributed by atoms with van der Waals surface area (Å²) in [6, 6.07) is 1.77. The molecule has 1 amide bonds. The van der Waals surface area contributed by atoms with Gasteiger partial charge < -0.3 is 10.0 Å². The van der Waals surface area contributed by atoms with Crippen LogP contribution in [-0.2, 0) is 0 Å². The van der Waals surface area contributed by atoms with E-state index in [0.717, 1.165) is 0 Å². The van der Waals surface area contributed by atoms with Crippen LogP contribution in [-0.4, -0.2) is 44.8 Å². The molecule has 2 rings (SSSR count). The van der Waals surface area contributed by atoms with E-state index in [1.165, 1.54) is 0 Å². The molecule has 1 aliphatic rings. The minimum atomic E-state index is -0.403.